The van der Waals surface area contributed by atoms with E-state index in [1.54, 1.807) is 0 Å². The molecule has 0 amide bonds. The minimum Gasteiger partial charge on any atom is -0.362 e. The average molecular weight is 346 g/mol. The van der Waals surface area contributed by atoms with Gasteiger partial charge in [0.25, 0.3) is 0 Å². The highest BCUT2D eigenvalue weighted by molar-refractivity contribution is 5.85. The Labute approximate surface area is 144 Å². The van der Waals surface area contributed by atoms with E-state index < -0.39 is 0 Å². The molecule has 0 aliphatic carbocycles. The third-order valence-electron chi connectivity index (χ3n) is 5.36. The molecule has 22 heavy (non-hydrogen) atoms. The Balaban J connectivity index is 0.000000882. The summed E-state index contributed by atoms with van der Waals surface area (Å²) in [7, 11) is 4.10. The van der Waals surface area contributed by atoms with Crippen molar-refractivity contribution < 1.29 is 0 Å². The Morgan fingerprint density at radius 3 is 2.27 bits per heavy atom. The van der Waals surface area contributed by atoms with E-state index in [1.807, 2.05) is 6.20 Å². The molecular weight excluding hydrogens is 321 g/mol. The van der Waals surface area contributed by atoms with Gasteiger partial charge in [-0.3, -0.25) is 0 Å². The van der Waals surface area contributed by atoms with Crippen molar-refractivity contribution in [1.29, 1.82) is 0 Å². The third-order valence-corrected chi connectivity index (χ3v) is 5.36. The lowest BCUT2D eigenvalue weighted by Gasteiger charge is -2.26. The van der Waals surface area contributed by atoms with Crippen LogP contribution in [0.3, 0.4) is 0 Å². The molecule has 3 aliphatic heterocycles. The zero-order valence-electron chi connectivity index (χ0n) is 13.3. The highest BCUT2D eigenvalue weighted by atomic mass is 35.5. The molecule has 4 rings (SSSR count). The first-order valence-corrected chi connectivity index (χ1v) is 7.67. The fraction of sp³-hybridized carbons (Fsp3) is 0.733. The SMILES string of the molecule is Cc1cnc(N2[C@@H]3CC[C@H]2[C@H]2CNC[C@H]23)nc1N(C)C.Cl.Cl. The zero-order chi connectivity index (χ0) is 13.9. The van der Waals surface area contributed by atoms with Gasteiger partial charge in [-0.1, -0.05) is 0 Å². The summed E-state index contributed by atoms with van der Waals surface area (Å²) in [6, 6.07) is 1.30. The molecule has 7 heteroatoms. The van der Waals surface area contributed by atoms with Gasteiger partial charge >= 0.3 is 0 Å². The maximum Gasteiger partial charge on any atom is 0.227 e. The maximum atomic E-state index is 4.84. The lowest BCUT2D eigenvalue weighted by molar-refractivity contribution is 0.354. The van der Waals surface area contributed by atoms with Crippen LogP contribution in [-0.2, 0) is 0 Å². The van der Waals surface area contributed by atoms with E-state index >= 15 is 0 Å². The molecule has 5 nitrogen and oxygen atoms in total. The highest BCUT2D eigenvalue weighted by Crippen LogP contribution is 2.48. The molecule has 0 aromatic carbocycles. The molecule has 1 N–H and O–H groups in total. The number of nitrogens with zero attached hydrogens (tertiary/aromatic N) is 4. The largest absolute Gasteiger partial charge is 0.362 e. The van der Waals surface area contributed by atoms with Gasteiger partial charge in [0, 0.05) is 51.0 Å². The van der Waals surface area contributed by atoms with E-state index in [-0.39, 0.29) is 24.8 Å². The molecule has 3 saturated heterocycles. The van der Waals surface area contributed by atoms with Crippen LogP contribution in [0.2, 0.25) is 0 Å². The van der Waals surface area contributed by atoms with Crippen molar-refractivity contribution in [3.05, 3.63) is 11.8 Å². The van der Waals surface area contributed by atoms with Crippen molar-refractivity contribution in [3.8, 4) is 0 Å². The lowest BCUT2D eigenvalue weighted by atomic mass is 9.82. The number of halogens is 2. The van der Waals surface area contributed by atoms with Crippen LogP contribution in [0.5, 0.6) is 0 Å². The zero-order valence-corrected chi connectivity index (χ0v) is 15.0. The molecule has 0 unspecified atom stereocenters. The summed E-state index contributed by atoms with van der Waals surface area (Å²) < 4.78 is 0. The molecule has 3 aliphatic rings. The minimum absolute atomic E-state index is 0. The topological polar surface area (TPSA) is 44.3 Å². The van der Waals surface area contributed by atoms with E-state index in [2.05, 4.69) is 41.1 Å². The van der Waals surface area contributed by atoms with E-state index in [4.69, 9.17) is 4.98 Å². The van der Waals surface area contributed by atoms with Crippen LogP contribution in [0, 0.1) is 18.8 Å². The lowest BCUT2D eigenvalue weighted by Crippen LogP contribution is -2.35. The van der Waals surface area contributed by atoms with Gasteiger partial charge < -0.3 is 15.1 Å². The molecule has 3 fully saturated rings. The number of anilines is 2. The van der Waals surface area contributed by atoms with Gasteiger partial charge in [-0.15, -0.1) is 24.8 Å². The van der Waals surface area contributed by atoms with Gasteiger partial charge in [0.05, 0.1) is 0 Å². The van der Waals surface area contributed by atoms with Crippen molar-refractivity contribution in [2.24, 2.45) is 11.8 Å². The summed E-state index contributed by atoms with van der Waals surface area (Å²) in [5, 5.41) is 3.56. The molecule has 0 spiro atoms. The van der Waals surface area contributed by atoms with Crippen LogP contribution < -0.4 is 15.1 Å². The molecule has 1 aromatic heterocycles. The van der Waals surface area contributed by atoms with Crippen LogP contribution in [-0.4, -0.2) is 49.2 Å². The van der Waals surface area contributed by atoms with Gasteiger partial charge in [0.2, 0.25) is 5.95 Å². The number of rotatable bonds is 2. The van der Waals surface area contributed by atoms with Gasteiger partial charge in [0.1, 0.15) is 5.82 Å². The Hall–Kier alpha value is -0.780. The monoisotopic (exact) mass is 345 g/mol. The predicted octanol–water partition coefficient (Wildman–Crippen LogP) is 1.88. The smallest absolute Gasteiger partial charge is 0.227 e. The quantitative estimate of drug-likeness (QED) is 0.886. The Bertz CT molecular complexity index is 521. The first kappa shape index (κ1) is 17.6. The Kier molecular flexibility index (Phi) is 5.09. The Morgan fingerprint density at radius 2 is 1.73 bits per heavy atom. The van der Waals surface area contributed by atoms with Crippen molar-refractivity contribution in [2.45, 2.75) is 31.8 Å². The van der Waals surface area contributed by atoms with Crippen LogP contribution in [0.4, 0.5) is 11.8 Å². The summed E-state index contributed by atoms with van der Waals surface area (Å²) >= 11 is 0. The number of aromatic nitrogens is 2. The van der Waals surface area contributed by atoms with Crippen molar-refractivity contribution >= 4 is 36.6 Å². The molecule has 4 atom stereocenters. The predicted molar refractivity (Wildman–Crippen MR) is 94.7 cm³/mol. The Morgan fingerprint density at radius 1 is 1.14 bits per heavy atom. The van der Waals surface area contributed by atoms with Crippen LogP contribution in [0.25, 0.3) is 0 Å². The summed E-state index contributed by atoms with van der Waals surface area (Å²) in [5.74, 6) is 3.61. The normalized spacial score (nSPS) is 31.5. The van der Waals surface area contributed by atoms with Gasteiger partial charge in [-0.25, -0.2) is 4.98 Å². The van der Waals surface area contributed by atoms with E-state index in [1.165, 1.54) is 25.9 Å². The fourth-order valence-electron chi connectivity index (χ4n) is 4.57. The molecule has 2 bridgehead atoms. The number of aryl methyl sites for hydroxylation is 1. The molecule has 0 radical (unpaired) electrons. The van der Waals surface area contributed by atoms with Crippen LogP contribution in [0.15, 0.2) is 6.20 Å². The summed E-state index contributed by atoms with van der Waals surface area (Å²) in [6.07, 6.45) is 4.59. The summed E-state index contributed by atoms with van der Waals surface area (Å²) in [6.45, 7) is 4.43. The second-order valence-electron chi connectivity index (χ2n) is 6.68. The number of hydrogen-bond donors (Lipinski definition) is 1. The number of nitrogens with one attached hydrogen (secondary N) is 1. The minimum atomic E-state index is 0. The second-order valence-corrected chi connectivity index (χ2v) is 6.68. The highest BCUT2D eigenvalue weighted by Gasteiger charge is 2.55. The van der Waals surface area contributed by atoms with Crippen LogP contribution in [0.1, 0.15) is 18.4 Å². The third kappa shape index (κ3) is 2.43. The number of hydrogen-bond acceptors (Lipinski definition) is 5. The van der Waals surface area contributed by atoms with Crippen molar-refractivity contribution in [2.75, 3.05) is 37.0 Å². The van der Waals surface area contributed by atoms with Crippen molar-refractivity contribution in [1.82, 2.24) is 15.3 Å². The standard InChI is InChI=1S/C15H23N5.2ClH/c1-9-6-17-15(18-14(9)19(2)3)20-12-4-5-13(20)11-8-16-7-10(11)12;;/h6,10-13,16H,4-5,7-8H2,1-3H3;2*1H/t10-,11+,12-,13+;;. The molecule has 4 heterocycles. The van der Waals surface area contributed by atoms with E-state index in [9.17, 15) is 0 Å². The first-order chi connectivity index (χ1) is 9.66. The maximum absolute atomic E-state index is 4.84. The van der Waals surface area contributed by atoms with Gasteiger partial charge in [-0.05, 0) is 31.6 Å². The molecule has 1 aromatic rings. The molecular formula is C15H25Cl2N5. The van der Waals surface area contributed by atoms with Gasteiger partial charge in [-0.2, -0.15) is 4.98 Å². The van der Waals surface area contributed by atoms with E-state index in [0.29, 0.717) is 12.1 Å². The number of fused-ring (bicyclic) bond motifs is 5. The molecule has 124 valence electrons. The second kappa shape index (κ2) is 6.38. The first-order valence-electron chi connectivity index (χ1n) is 7.67. The molecule has 0 saturated carbocycles. The average Bonchev–Trinajstić information content (AvgIpc) is 3.10. The van der Waals surface area contributed by atoms with Gasteiger partial charge in [0.15, 0.2) is 0 Å². The summed E-state index contributed by atoms with van der Waals surface area (Å²) in [5.41, 5.74) is 1.15. The fourth-order valence-corrected chi connectivity index (χ4v) is 4.57. The van der Waals surface area contributed by atoms with E-state index in [0.717, 1.165) is 29.2 Å². The summed E-state index contributed by atoms with van der Waals surface area (Å²) in [4.78, 5) is 14.1. The van der Waals surface area contributed by atoms with Crippen LogP contribution >= 0.6 is 24.8 Å². The van der Waals surface area contributed by atoms with Crippen molar-refractivity contribution in [3.63, 3.8) is 0 Å².